The number of hydrogen-bond donors (Lipinski definition) is 1. The average Bonchev–Trinajstić information content (AvgIpc) is 3.09. The van der Waals surface area contributed by atoms with Gasteiger partial charge in [-0.15, -0.1) is 11.3 Å². The van der Waals surface area contributed by atoms with E-state index in [1.165, 1.54) is 4.88 Å². The number of hydrogen-bond acceptors (Lipinski definition) is 3. The van der Waals surface area contributed by atoms with Gasteiger partial charge in [0.05, 0.1) is 5.69 Å². The van der Waals surface area contributed by atoms with E-state index in [1.807, 2.05) is 53.9 Å². The fourth-order valence-corrected chi connectivity index (χ4v) is 4.12. The predicted octanol–water partition coefficient (Wildman–Crippen LogP) is 5.45. The molecule has 1 N–H and O–H groups in total. The van der Waals surface area contributed by atoms with Crippen LogP contribution in [0.3, 0.4) is 0 Å². The van der Waals surface area contributed by atoms with Crippen molar-refractivity contribution >= 4 is 34.5 Å². The van der Waals surface area contributed by atoms with Crippen molar-refractivity contribution in [1.29, 1.82) is 0 Å². The summed E-state index contributed by atoms with van der Waals surface area (Å²) in [4.78, 5) is 13.2. The molecule has 25 heavy (non-hydrogen) atoms. The second-order valence-corrected chi connectivity index (χ2v) is 7.38. The quantitative estimate of drug-likeness (QED) is 0.663. The van der Waals surface area contributed by atoms with E-state index >= 15 is 0 Å². The van der Waals surface area contributed by atoms with E-state index in [9.17, 15) is 4.79 Å². The van der Waals surface area contributed by atoms with Crippen LogP contribution in [0, 0.1) is 0 Å². The summed E-state index contributed by atoms with van der Waals surface area (Å²) in [6.45, 7) is 0.482. The van der Waals surface area contributed by atoms with Crippen LogP contribution in [-0.2, 0) is 11.4 Å². The Balaban J connectivity index is 1.54. The van der Waals surface area contributed by atoms with Crippen LogP contribution in [0.4, 0.5) is 5.69 Å². The van der Waals surface area contributed by atoms with Gasteiger partial charge in [0.1, 0.15) is 12.4 Å². The zero-order valence-electron chi connectivity index (χ0n) is 13.4. The van der Waals surface area contributed by atoms with E-state index in [0.717, 1.165) is 22.6 Å². The first kappa shape index (κ1) is 16.2. The van der Waals surface area contributed by atoms with Crippen LogP contribution >= 0.6 is 22.9 Å². The highest BCUT2D eigenvalue weighted by molar-refractivity contribution is 7.10. The fourth-order valence-electron chi connectivity index (χ4n) is 3.01. The van der Waals surface area contributed by atoms with Gasteiger partial charge in [0.15, 0.2) is 0 Å². The number of ether oxygens (including phenoxy) is 1. The number of carbonyl (C=O) groups excluding carboxylic acids is 1. The first-order valence-electron chi connectivity index (χ1n) is 8.03. The maximum atomic E-state index is 12.0. The van der Waals surface area contributed by atoms with Gasteiger partial charge in [-0.25, -0.2) is 0 Å². The highest BCUT2D eigenvalue weighted by Gasteiger charge is 2.27. The summed E-state index contributed by atoms with van der Waals surface area (Å²) in [6.07, 6.45) is 0.466. The molecule has 0 unspecified atom stereocenters. The Morgan fingerprint density at radius 2 is 2.00 bits per heavy atom. The van der Waals surface area contributed by atoms with Crippen LogP contribution < -0.4 is 10.1 Å². The molecule has 5 heteroatoms. The summed E-state index contributed by atoms with van der Waals surface area (Å²) in [5, 5.41) is 5.67. The number of fused-ring (bicyclic) bond motifs is 1. The molecule has 0 bridgehead atoms. The van der Waals surface area contributed by atoms with Gasteiger partial charge >= 0.3 is 0 Å². The Labute approximate surface area is 155 Å². The molecule has 1 aliphatic rings. The van der Waals surface area contributed by atoms with Crippen LogP contribution in [0.1, 0.15) is 28.3 Å². The smallest absolute Gasteiger partial charge is 0.225 e. The van der Waals surface area contributed by atoms with E-state index in [4.69, 9.17) is 16.3 Å². The van der Waals surface area contributed by atoms with E-state index in [0.29, 0.717) is 18.1 Å². The third-order valence-electron chi connectivity index (χ3n) is 4.25. The first-order chi connectivity index (χ1) is 12.2. The van der Waals surface area contributed by atoms with Crippen molar-refractivity contribution in [2.24, 2.45) is 0 Å². The van der Waals surface area contributed by atoms with Gasteiger partial charge < -0.3 is 10.1 Å². The molecule has 1 aromatic heterocycles. The monoisotopic (exact) mass is 369 g/mol. The van der Waals surface area contributed by atoms with E-state index in [2.05, 4.69) is 11.4 Å². The molecule has 0 radical (unpaired) electrons. The van der Waals surface area contributed by atoms with Gasteiger partial charge in [0.2, 0.25) is 5.91 Å². The molecule has 3 nitrogen and oxygen atoms in total. The Morgan fingerprint density at radius 3 is 2.84 bits per heavy atom. The second kappa shape index (κ2) is 6.90. The Hall–Kier alpha value is -2.30. The van der Waals surface area contributed by atoms with Crippen LogP contribution in [0.15, 0.2) is 60.0 Å². The summed E-state index contributed by atoms with van der Waals surface area (Å²) < 4.78 is 5.92. The second-order valence-electron chi connectivity index (χ2n) is 5.99. The van der Waals surface area contributed by atoms with Crippen molar-refractivity contribution in [1.82, 2.24) is 0 Å². The summed E-state index contributed by atoms with van der Waals surface area (Å²) in [5.41, 5.74) is 3.10. The molecular weight excluding hydrogens is 354 g/mol. The third kappa shape index (κ3) is 3.55. The number of carbonyl (C=O) groups is 1. The highest BCUT2D eigenvalue weighted by Crippen LogP contribution is 2.41. The van der Waals surface area contributed by atoms with Crippen molar-refractivity contribution in [3.8, 4) is 5.75 Å². The zero-order chi connectivity index (χ0) is 17.2. The van der Waals surface area contributed by atoms with E-state index < -0.39 is 0 Å². The van der Waals surface area contributed by atoms with Gasteiger partial charge in [-0.05, 0) is 46.8 Å². The first-order valence-corrected chi connectivity index (χ1v) is 9.29. The highest BCUT2D eigenvalue weighted by atomic mass is 35.5. The molecule has 0 fully saturated rings. The van der Waals surface area contributed by atoms with Crippen molar-refractivity contribution in [2.45, 2.75) is 18.9 Å². The standard InChI is InChI=1S/C20H16ClNO2S/c21-15-6-4-13(5-7-15)12-24-16-3-1-2-14(10-16)17-11-19(23)22-18-8-9-25-20(17)18/h1-10,17H,11-12H2,(H,22,23)/t17-/m0/s1. The normalized spacial score (nSPS) is 16.2. The molecule has 4 rings (SSSR count). The molecule has 2 aromatic carbocycles. The van der Waals surface area contributed by atoms with Gasteiger partial charge in [-0.2, -0.15) is 0 Å². The maximum Gasteiger partial charge on any atom is 0.225 e. The van der Waals surface area contributed by atoms with E-state index in [1.54, 1.807) is 11.3 Å². The van der Waals surface area contributed by atoms with Crippen LogP contribution in [0.25, 0.3) is 0 Å². The molecular formula is C20H16ClNO2S. The molecule has 1 atom stereocenters. The summed E-state index contributed by atoms with van der Waals surface area (Å²) in [6, 6.07) is 17.6. The van der Waals surface area contributed by atoms with Crippen molar-refractivity contribution in [3.63, 3.8) is 0 Å². The molecule has 2 heterocycles. The number of benzene rings is 2. The molecule has 0 aliphatic carbocycles. The maximum absolute atomic E-state index is 12.0. The SMILES string of the molecule is O=C1C[C@@H](c2cccc(OCc3ccc(Cl)cc3)c2)c2sccc2N1. The van der Waals surface area contributed by atoms with Gasteiger partial charge in [-0.3, -0.25) is 4.79 Å². The van der Waals surface area contributed by atoms with Crippen LogP contribution in [0.2, 0.25) is 5.02 Å². The van der Waals surface area contributed by atoms with Crippen molar-refractivity contribution in [2.75, 3.05) is 5.32 Å². The molecule has 0 saturated carbocycles. The number of nitrogens with one attached hydrogen (secondary N) is 1. The molecule has 0 spiro atoms. The largest absolute Gasteiger partial charge is 0.489 e. The predicted molar refractivity (Wildman–Crippen MR) is 102 cm³/mol. The lowest BCUT2D eigenvalue weighted by Gasteiger charge is -2.23. The van der Waals surface area contributed by atoms with Crippen LogP contribution in [0.5, 0.6) is 5.75 Å². The number of halogens is 1. The van der Waals surface area contributed by atoms with Gasteiger partial charge in [-0.1, -0.05) is 35.9 Å². The van der Waals surface area contributed by atoms with Crippen molar-refractivity contribution in [3.05, 3.63) is 81.0 Å². The number of rotatable bonds is 4. The lowest BCUT2D eigenvalue weighted by molar-refractivity contribution is -0.116. The Bertz CT molecular complexity index is 904. The summed E-state index contributed by atoms with van der Waals surface area (Å²) in [7, 11) is 0. The lowest BCUT2D eigenvalue weighted by atomic mass is 9.90. The zero-order valence-corrected chi connectivity index (χ0v) is 14.9. The molecule has 126 valence electrons. The Kier molecular flexibility index (Phi) is 4.47. The molecule has 0 saturated heterocycles. The van der Waals surface area contributed by atoms with Crippen molar-refractivity contribution < 1.29 is 9.53 Å². The number of amides is 1. The fraction of sp³-hybridized carbons (Fsp3) is 0.150. The summed E-state index contributed by atoms with van der Waals surface area (Å²) >= 11 is 7.59. The Morgan fingerprint density at radius 1 is 1.16 bits per heavy atom. The minimum atomic E-state index is 0.0587. The minimum Gasteiger partial charge on any atom is -0.489 e. The lowest BCUT2D eigenvalue weighted by Crippen LogP contribution is -2.21. The summed E-state index contributed by atoms with van der Waals surface area (Å²) in [5.74, 6) is 0.947. The van der Waals surface area contributed by atoms with E-state index in [-0.39, 0.29) is 11.8 Å². The average molecular weight is 370 g/mol. The van der Waals surface area contributed by atoms with Crippen LogP contribution in [-0.4, -0.2) is 5.91 Å². The molecule has 1 amide bonds. The van der Waals surface area contributed by atoms with Gasteiger partial charge in [0.25, 0.3) is 0 Å². The molecule has 3 aromatic rings. The minimum absolute atomic E-state index is 0.0587. The number of thiophene rings is 1. The third-order valence-corrected chi connectivity index (χ3v) is 5.54. The van der Waals surface area contributed by atoms with Gasteiger partial charge in [0, 0.05) is 22.2 Å². The number of anilines is 1. The topological polar surface area (TPSA) is 38.3 Å². The molecule has 1 aliphatic heterocycles.